The summed E-state index contributed by atoms with van der Waals surface area (Å²) in [7, 11) is 0. The van der Waals surface area contributed by atoms with Crippen LogP contribution in [0.2, 0.25) is 0 Å². The molecule has 2 fully saturated rings. The van der Waals surface area contributed by atoms with Crippen molar-refractivity contribution in [3.8, 4) is 0 Å². The van der Waals surface area contributed by atoms with Gasteiger partial charge in [0.05, 0.1) is 6.61 Å². The molecular formula is C10H15NO3. The summed E-state index contributed by atoms with van der Waals surface area (Å²) in [4.78, 5) is 23.0. The molecule has 1 aliphatic carbocycles. The molecule has 0 amide bonds. The number of Topliss-reactive ketones (excluding diaryl/α,β-unsaturated/α-hetero) is 1. The number of carbonyl (C=O) groups excluding carboxylic acids is 2. The third-order valence-electron chi connectivity index (χ3n) is 3.01. The number of nitrogens with one attached hydrogen (secondary N) is 1. The van der Waals surface area contributed by atoms with Gasteiger partial charge in [-0.05, 0) is 19.8 Å². The van der Waals surface area contributed by atoms with E-state index in [4.69, 9.17) is 4.74 Å². The predicted molar refractivity (Wildman–Crippen MR) is 49.7 cm³/mol. The first-order chi connectivity index (χ1) is 6.67. The molecule has 1 aliphatic heterocycles. The molecule has 78 valence electrons. The molecule has 0 bridgehead atoms. The highest BCUT2D eigenvalue weighted by molar-refractivity contribution is 6.00. The quantitative estimate of drug-likeness (QED) is 0.509. The van der Waals surface area contributed by atoms with Crippen molar-refractivity contribution in [2.75, 3.05) is 13.2 Å². The van der Waals surface area contributed by atoms with Crippen LogP contribution in [0.15, 0.2) is 0 Å². The van der Waals surface area contributed by atoms with E-state index in [1.165, 1.54) is 0 Å². The number of hydrogen-bond acceptors (Lipinski definition) is 4. The number of esters is 1. The normalized spacial score (nSPS) is 28.9. The predicted octanol–water partition coefficient (Wildman–Crippen LogP) is 0.261. The van der Waals surface area contributed by atoms with Crippen LogP contribution in [0.25, 0.3) is 0 Å². The molecule has 0 aromatic rings. The van der Waals surface area contributed by atoms with Crippen LogP contribution < -0.4 is 5.32 Å². The standard InChI is InChI=1S/C10H15NO3/c1-2-14-9(13)7-6-11-10(3-4-10)5-8(7)12/h7,11H,2-6H2,1H3. The lowest BCUT2D eigenvalue weighted by atomic mass is 9.92. The molecule has 1 unspecified atom stereocenters. The summed E-state index contributed by atoms with van der Waals surface area (Å²) in [5.41, 5.74) is 0.0556. The Labute approximate surface area is 83.0 Å². The van der Waals surface area contributed by atoms with Crippen LogP contribution in [0, 0.1) is 5.92 Å². The van der Waals surface area contributed by atoms with Crippen molar-refractivity contribution in [3.63, 3.8) is 0 Å². The van der Waals surface area contributed by atoms with Gasteiger partial charge in [-0.15, -0.1) is 0 Å². The highest BCUT2D eigenvalue weighted by atomic mass is 16.5. The largest absolute Gasteiger partial charge is 0.465 e. The molecular weight excluding hydrogens is 182 g/mol. The maximum absolute atomic E-state index is 11.6. The summed E-state index contributed by atoms with van der Waals surface area (Å²) in [5, 5.41) is 3.27. The monoisotopic (exact) mass is 197 g/mol. The lowest BCUT2D eigenvalue weighted by Crippen LogP contribution is -2.49. The van der Waals surface area contributed by atoms with Gasteiger partial charge in [-0.1, -0.05) is 0 Å². The van der Waals surface area contributed by atoms with Crippen molar-refractivity contribution < 1.29 is 14.3 Å². The van der Waals surface area contributed by atoms with E-state index in [1.807, 2.05) is 0 Å². The van der Waals surface area contributed by atoms with E-state index >= 15 is 0 Å². The van der Waals surface area contributed by atoms with Crippen molar-refractivity contribution in [3.05, 3.63) is 0 Å². The Balaban J connectivity index is 1.95. The van der Waals surface area contributed by atoms with Crippen molar-refractivity contribution in [2.45, 2.75) is 31.7 Å². The molecule has 4 heteroatoms. The van der Waals surface area contributed by atoms with Crippen LogP contribution in [0.5, 0.6) is 0 Å². The van der Waals surface area contributed by atoms with Crippen LogP contribution in [0.1, 0.15) is 26.2 Å². The average Bonchev–Trinajstić information content (AvgIpc) is 2.85. The zero-order valence-electron chi connectivity index (χ0n) is 8.34. The van der Waals surface area contributed by atoms with Gasteiger partial charge >= 0.3 is 5.97 Å². The van der Waals surface area contributed by atoms with E-state index in [9.17, 15) is 9.59 Å². The first-order valence-corrected chi connectivity index (χ1v) is 5.11. The Bertz CT molecular complexity index is 271. The summed E-state index contributed by atoms with van der Waals surface area (Å²) in [6.45, 7) is 2.55. The summed E-state index contributed by atoms with van der Waals surface area (Å²) in [6.07, 6.45) is 2.62. The maximum atomic E-state index is 11.6. The smallest absolute Gasteiger partial charge is 0.317 e. The van der Waals surface area contributed by atoms with Crippen molar-refractivity contribution >= 4 is 11.8 Å². The minimum atomic E-state index is -0.568. The first kappa shape index (κ1) is 9.65. The van der Waals surface area contributed by atoms with Gasteiger partial charge in [-0.25, -0.2) is 0 Å². The van der Waals surface area contributed by atoms with E-state index in [0.29, 0.717) is 19.6 Å². The Hall–Kier alpha value is -0.900. The summed E-state index contributed by atoms with van der Waals surface area (Å²) < 4.78 is 4.84. The second-order valence-corrected chi connectivity index (χ2v) is 4.11. The van der Waals surface area contributed by atoms with Gasteiger partial charge < -0.3 is 10.1 Å². The average molecular weight is 197 g/mol. The summed E-state index contributed by atoms with van der Waals surface area (Å²) in [5.74, 6) is -0.902. The van der Waals surface area contributed by atoms with Crippen LogP contribution in [-0.4, -0.2) is 30.4 Å². The maximum Gasteiger partial charge on any atom is 0.317 e. The van der Waals surface area contributed by atoms with Gasteiger partial charge in [-0.3, -0.25) is 9.59 Å². The molecule has 2 aliphatic rings. The molecule has 0 aromatic heterocycles. The van der Waals surface area contributed by atoms with Crippen LogP contribution in [0.4, 0.5) is 0 Å². The molecule has 1 spiro atoms. The summed E-state index contributed by atoms with van der Waals surface area (Å²) in [6, 6.07) is 0. The molecule has 0 radical (unpaired) electrons. The van der Waals surface area contributed by atoms with Crippen molar-refractivity contribution in [2.24, 2.45) is 5.92 Å². The van der Waals surface area contributed by atoms with Gasteiger partial charge in [0.15, 0.2) is 0 Å². The summed E-state index contributed by atoms with van der Waals surface area (Å²) >= 11 is 0. The van der Waals surface area contributed by atoms with E-state index in [0.717, 1.165) is 12.8 Å². The van der Waals surface area contributed by atoms with E-state index in [-0.39, 0.29) is 17.3 Å². The molecule has 0 aromatic carbocycles. The van der Waals surface area contributed by atoms with Crippen LogP contribution in [-0.2, 0) is 14.3 Å². The number of piperidine rings is 1. The fourth-order valence-corrected chi connectivity index (χ4v) is 1.91. The molecule has 4 nitrogen and oxygen atoms in total. The topological polar surface area (TPSA) is 55.4 Å². The molecule has 1 saturated carbocycles. The highest BCUT2D eigenvalue weighted by Crippen LogP contribution is 2.41. The second kappa shape index (κ2) is 3.35. The third kappa shape index (κ3) is 1.66. The number of carbonyl (C=O) groups is 2. The van der Waals surface area contributed by atoms with Crippen LogP contribution >= 0.6 is 0 Å². The fourth-order valence-electron chi connectivity index (χ4n) is 1.91. The molecule has 2 rings (SSSR count). The Kier molecular flexibility index (Phi) is 2.31. The molecule has 14 heavy (non-hydrogen) atoms. The van der Waals surface area contributed by atoms with Crippen molar-refractivity contribution in [1.82, 2.24) is 5.32 Å². The first-order valence-electron chi connectivity index (χ1n) is 5.11. The zero-order chi connectivity index (χ0) is 10.2. The number of ether oxygens (including phenoxy) is 1. The lowest BCUT2D eigenvalue weighted by molar-refractivity contribution is -0.152. The van der Waals surface area contributed by atoms with Gasteiger partial charge in [0, 0.05) is 18.5 Å². The highest BCUT2D eigenvalue weighted by Gasteiger charge is 2.50. The number of rotatable bonds is 2. The van der Waals surface area contributed by atoms with Crippen molar-refractivity contribution in [1.29, 1.82) is 0 Å². The van der Waals surface area contributed by atoms with Gasteiger partial charge in [0.25, 0.3) is 0 Å². The fraction of sp³-hybridized carbons (Fsp3) is 0.800. The molecule has 1 N–H and O–H groups in total. The van der Waals surface area contributed by atoms with Gasteiger partial charge in [0.1, 0.15) is 11.7 Å². The number of hydrogen-bond donors (Lipinski definition) is 1. The SMILES string of the molecule is CCOC(=O)C1CNC2(CC2)CC1=O. The zero-order valence-corrected chi connectivity index (χ0v) is 8.34. The van der Waals surface area contributed by atoms with Gasteiger partial charge in [0.2, 0.25) is 0 Å². The Morgan fingerprint density at radius 3 is 2.86 bits per heavy atom. The third-order valence-corrected chi connectivity index (χ3v) is 3.01. The van der Waals surface area contributed by atoms with E-state index in [2.05, 4.69) is 5.32 Å². The Morgan fingerprint density at radius 2 is 2.36 bits per heavy atom. The number of ketones is 1. The molecule has 1 heterocycles. The molecule has 1 atom stereocenters. The van der Waals surface area contributed by atoms with E-state index < -0.39 is 5.92 Å². The minimum Gasteiger partial charge on any atom is -0.465 e. The van der Waals surface area contributed by atoms with E-state index in [1.54, 1.807) is 6.92 Å². The minimum absolute atomic E-state index is 0.0414. The van der Waals surface area contributed by atoms with Gasteiger partial charge in [-0.2, -0.15) is 0 Å². The lowest BCUT2D eigenvalue weighted by Gasteiger charge is -2.27. The Morgan fingerprint density at radius 1 is 1.64 bits per heavy atom. The van der Waals surface area contributed by atoms with Crippen LogP contribution in [0.3, 0.4) is 0 Å². The molecule has 1 saturated heterocycles. The second-order valence-electron chi connectivity index (χ2n) is 4.11.